The molecule has 1 unspecified atom stereocenters. The highest BCUT2D eigenvalue weighted by Crippen LogP contribution is 2.11. The van der Waals surface area contributed by atoms with E-state index < -0.39 is 12.0 Å². The number of aromatic nitrogens is 1. The first kappa shape index (κ1) is 14.3. The summed E-state index contributed by atoms with van der Waals surface area (Å²) in [6, 6.07) is 4.20. The molecule has 20 heavy (non-hydrogen) atoms. The predicted molar refractivity (Wildman–Crippen MR) is 70.0 cm³/mol. The number of morpholine rings is 1. The Bertz CT molecular complexity index is 480. The Morgan fingerprint density at radius 2 is 2.35 bits per heavy atom. The first-order valence-electron chi connectivity index (χ1n) is 6.32. The molecule has 7 nitrogen and oxygen atoms in total. The maximum Gasteiger partial charge on any atom is 0.328 e. The van der Waals surface area contributed by atoms with Crippen LogP contribution in [-0.4, -0.2) is 64.7 Å². The van der Waals surface area contributed by atoms with E-state index in [0.717, 1.165) is 5.69 Å². The van der Waals surface area contributed by atoms with Crippen molar-refractivity contribution in [3.8, 4) is 0 Å². The molecule has 0 saturated carbocycles. The Labute approximate surface area is 116 Å². The summed E-state index contributed by atoms with van der Waals surface area (Å²) in [5.74, 6) is -1.05. The zero-order chi connectivity index (χ0) is 14.5. The van der Waals surface area contributed by atoms with Gasteiger partial charge in [-0.3, -0.25) is 4.98 Å². The van der Waals surface area contributed by atoms with E-state index in [1.807, 2.05) is 12.1 Å². The van der Waals surface area contributed by atoms with Gasteiger partial charge in [0.05, 0.1) is 25.5 Å². The smallest absolute Gasteiger partial charge is 0.328 e. The summed E-state index contributed by atoms with van der Waals surface area (Å²) in [6.45, 7) is 0.997. The molecule has 0 aliphatic carbocycles. The van der Waals surface area contributed by atoms with E-state index in [2.05, 4.69) is 4.98 Å². The number of rotatable bonds is 3. The van der Waals surface area contributed by atoms with Crippen LogP contribution in [0.15, 0.2) is 24.4 Å². The molecular formula is C13H17N3O4. The van der Waals surface area contributed by atoms with Gasteiger partial charge in [-0.25, -0.2) is 9.59 Å². The second-order valence-electron chi connectivity index (χ2n) is 4.58. The Morgan fingerprint density at radius 3 is 3.00 bits per heavy atom. The highest BCUT2D eigenvalue weighted by atomic mass is 16.5. The van der Waals surface area contributed by atoms with E-state index in [0.29, 0.717) is 13.2 Å². The van der Waals surface area contributed by atoms with Crippen molar-refractivity contribution in [1.29, 1.82) is 0 Å². The van der Waals surface area contributed by atoms with Crippen LogP contribution in [0.5, 0.6) is 0 Å². The normalized spacial score (nSPS) is 18.6. The molecule has 108 valence electrons. The lowest BCUT2D eigenvalue weighted by Crippen LogP contribution is -2.55. The molecule has 2 amide bonds. The van der Waals surface area contributed by atoms with Crippen molar-refractivity contribution in [2.75, 3.05) is 26.8 Å². The van der Waals surface area contributed by atoms with Crippen LogP contribution in [0.25, 0.3) is 0 Å². The topological polar surface area (TPSA) is 83.0 Å². The van der Waals surface area contributed by atoms with E-state index in [-0.39, 0.29) is 19.2 Å². The third-order valence-corrected chi connectivity index (χ3v) is 3.11. The van der Waals surface area contributed by atoms with E-state index >= 15 is 0 Å². The Morgan fingerprint density at radius 1 is 1.55 bits per heavy atom. The monoisotopic (exact) mass is 279 g/mol. The Balaban J connectivity index is 2.03. The summed E-state index contributed by atoms with van der Waals surface area (Å²) >= 11 is 0. The summed E-state index contributed by atoms with van der Waals surface area (Å²) in [5.41, 5.74) is 0.753. The van der Waals surface area contributed by atoms with Gasteiger partial charge in [-0.2, -0.15) is 0 Å². The van der Waals surface area contributed by atoms with Gasteiger partial charge in [0, 0.05) is 19.8 Å². The number of urea groups is 1. The molecule has 1 N–H and O–H groups in total. The van der Waals surface area contributed by atoms with E-state index in [1.54, 1.807) is 19.3 Å². The van der Waals surface area contributed by atoms with Crippen molar-refractivity contribution in [2.24, 2.45) is 0 Å². The molecule has 1 aromatic rings. The van der Waals surface area contributed by atoms with Crippen molar-refractivity contribution in [1.82, 2.24) is 14.8 Å². The SMILES string of the molecule is CN(Cc1ccccn1)C(=O)N1CCOCC1C(=O)O. The average molecular weight is 279 g/mol. The second-order valence-corrected chi connectivity index (χ2v) is 4.58. The lowest BCUT2D eigenvalue weighted by atomic mass is 10.2. The molecule has 0 radical (unpaired) electrons. The van der Waals surface area contributed by atoms with E-state index in [1.165, 1.54) is 9.80 Å². The molecule has 0 spiro atoms. The molecule has 1 saturated heterocycles. The lowest BCUT2D eigenvalue weighted by Gasteiger charge is -2.35. The average Bonchev–Trinajstić information content (AvgIpc) is 2.47. The fraction of sp³-hybridized carbons (Fsp3) is 0.462. The number of carbonyl (C=O) groups excluding carboxylic acids is 1. The molecule has 1 fully saturated rings. The number of nitrogens with zero attached hydrogens (tertiary/aromatic N) is 3. The van der Waals surface area contributed by atoms with Gasteiger partial charge in [0.25, 0.3) is 0 Å². The minimum absolute atomic E-state index is 0.0263. The first-order chi connectivity index (χ1) is 9.59. The van der Waals surface area contributed by atoms with Gasteiger partial charge in [0.15, 0.2) is 6.04 Å². The first-order valence-corrected chi connectivity index (χ1v) is 6.32. The second kappa shape index (κ2) is 6.33. The lowest BCUT2D eigenvalue weighted by molar-refractivity contribution is -0.147. The number of pyridine rings is 1. The summed E-state index contributed by atoms with van der Waals surface area (Å²) in [6.07, 6.45) is 1.66. The zero-order valence-corrected chi connectivity index (χ0v) is 11.2. The largest absolute Gasteiger partial charge is 0.480 e. The minimum Gasteiger partial charge on any atom is -0.480 e. The van der Waals surface area contributed by atoms with Crippen LogP contribution in [0.4, 0.5) is 4.79 Å². The molecule has 7 heteroatoms. The summed E-state index contributed by atoms with van der Waals surface area (Å²) in [5, 5.41) is 9.12. The van der Waals surface area contributed by atoms with Gasteiger partial charge in [-0.15, -0.1) is 0 Å². The van der Waals surface area contributed by atoms with Gasteiger partial charge >= 0.3 is 12.0 Å². The number of amides is 2. The van der Waals surface area contributed by atoms with Crippen LogP contribution < -0.4 is 0 Å². The molecule has 2 rings (SSSR count). The number of aliphatic carboxylic acids is 1. The third kappa shape index (κ3) is 3.24. The number of carboxylic acid groups (broad SMARTS) is 1. The number of hydrogen-bond donors (Lipinski definition) is 1. The summed E-state index contributed by atoms with van der Waals surface area (Å²) < 4.78 is 5.12. The predicted octanol–water partition coefficient (Wildman–Crippen LogP) is 0.419. The van der Waals surface area contributed by atoms with Crippen molar-refractivity contribution in [2.45, 2.75) is 12.6 Å². The van der Waals surface area contributed by atoms with Gasteiger partial charge in [0.1, 0.15) is 0 Å². The third-order valence-electron chi connectivity index (χ3n) is 3.11. The number of hydrogen-bond acceptors (Lipinski definition) is 4. The number of carbonyl (C=O) groups is 2. The fourth-order valence-corrected chi connectivity index (χ4v) is 2.06. The Hall–Kier alpha value is -2.15. The van der Waals surface area contributed by atoms with Gasteiger partial charge < -0.3 is 19.6 Å². The van der Waals surface area contributed by atoms with Crippen molar-refractivity contribution in [3.63, 3.8) is 0 Å². The maximum absolute atomic E-state index is 12.3. The van der Waals surface area contributed by atoms with Crippen LogP contribution in [0.1, 0.15) is 5.69 Å². The minimum atomic E-state index is -1.05. The molecule has 1 atom stereocenters. The maximum atomic E-state index is 12.3. The van der Waals surface area contributed by atoms with Crippen LogP contribution in [0.2, 0.25) is 0 Å². The van der Waals surface area contributed by atoms with Gasteiger partial charge in [-0.1, -0.05) is 6.07 Å². The summed E-state index contributed by atoms with van der Waals surface area (Å²) in [4.78, 5) is 30.4. The number of carboxylic acids is 1. The quantitative estimate of drug-likeness (QED) is 0.867. The molecule has 1 aliphatic rings. The molecule has 0 aromatic carbocycles. The van der Waals surface area contributed by atoms with E-state index in [9.17, 15) is 9.59 Å². The van der Waals surface area contributed by atoms with Gasteiger partial charge in [-0.05, 0) is 12.1 Å². The van der Waals surface area contributed by atoms with Crippen molar-refractivity contribution >= 4 is 12.0 Å². The standard InChI is InChI=1S/C13H17N3O4/c1-15(8-10-4-2-3-5-14-10)13(19)16-6-7-20-9-11(16)12(17)18/h2-5,11H,6-9H2,1H3,(H,17,18). The molecule has 2 heterocycles. The highest BCUT2D eigenvalue weighted by Gasteiger charge is 2.34. The van der Waals surface area contributed by atoms with Gasteiger partial charge in [0.2, 0.25) is 0 Å². The summed E-state index contributed by atoms with van der Waals surface area (Å²) in [7, 11) is 1.63. The van der Waals surface area contributed by atoms with Crippen LogP contribution >= 0.6 is 0 Å². The van der Waals surface area contributed by atoms with Crippen molar-refractivity contribution in [3.05, 3.63) is 30.1 Å². The van der Waals surface area contributed by atoms with E-state index in [4.69, 9.17) is 9.84 Å². The highest BCUT2D eigenvalue weighted by molar-refractivity contribution is 5.82. The Kier molecular flexibility index (Phi) is 4.52. The molecule has 1 aliphatic heterocycles. The molecule has 0 bridgehead atoms. The number of ether oxygens (including phenoxy) is 1. The van der Waals surface area contributed by atoms with Crippen molar-refractivity contribution < 1.29 is 19.4 Å². The fourth-order valence-electron chi connectivity index (χ4n) is 2.06. The van der Waals surface area contributed by atoms with Crippen LogP contribution in [0, 0.1) is 0 Å². The molecule has 1 aromatic heterocycles. The van der Waals surface area contributed by atoms with Crippen LogP contribution in [-0.2, 0) is 16.1 Å². The zero-order valence-electron chi connectivity index (χ0n) is 11.2. The molecular weight excluding hydrogens is 262 g/mol. The van der Waals surface area contributed by atoms with Crippen LogP contribution in [0.3, 0.4) is 0 Å².